The zero-order chi connectivity index (χ0) is 15.1. The quantitative estimate of drug-likeness (QED) is 0.567. The van der Waals surface area contributed by atoms with E-state index in [-0.39, 0.29) is 0 Å². The average Bonchev–Trinajstić information content (AvgIpc) is 3.13. The Morgan fingerprint density at radius 2 is 1.18 bits per heavy atom. The summed E-state index contributed by atoms with van der Waals surface area (Å²) in [6.45, 7) is 4.91. The van der Waals surface area contributed by atoms with E-state index in [2.05, 4.69) is 38.2 Å². The Hall–Kier alpha value is -1.04. The fourth-order valence-electron chi connectivity index (χ4n) is 5.49. The summed E-state index contributed by atoms with van der Waals surface area (Å²) in [5.74, 6) is 2.98. The third-order valence-corrected chi connectivity index (χ3v) is 6.52. The first kappa shape index (κ1) is 14.5. The lowest BCUT2D eigenvalue weighted by atomic mass is 9.68. The molecule has 0 aliphatic heterocycles. The van der Waals surface area contributed by atoms with Gasteiger partial charge in [0.1, 0.15) is 0 Å². The Morgan fingerprint density at radius 1 is 0.727 bits per heavy atom. The SMILES string of the molecule is CC(C)C(C1C=CC2=C1CCCC2)C1C=CC2=C1CCCC2. The summed E-state index contributed by atoms with van der Waals surface area (Å²) in [7, 11) is 0. The first-order valence-electron chi connectivity index (χ1n) is 9.56. The minimum Gasteiger partial charge on any atom is -0.0767 e. The van der Waals surface area contributed by atoms with Crippen molar-refractivity contribution < 1.29 is 0 Å². The van der Waals surface area contributed by atoms with Gasteiger partial charge >= 0.3 is 0 Å². The third-order valence-electron chi connectivity index (χ3n) is 6.52. The highest BCUT2D eigenvalue weighted by Crippen LogP contribution is 2.49. The van der Waals surface area contributed by atoms with E-state index < -0.39 is 0 Å². The monoisotopic (exact) mass is 294 g/mol. The van der Waals surface area contributed by atoms with Crippen molar-refractivity contribution in [1.29, 1.82) is 0 Å². The first-order valence-corrected chi connectivity index (χ1v) is 9.56. The summed E-state index contributed by atoms with van der Waals surface area (Å²) >= 11 is 0. The average molecular weight is 294 g/mol. The zero-order valence-corrected chi connectivity index (χ0v) is 14.3. The summed E-state index contributed by atoms with van der Waals surface area (Å²) in [5, 5.41) is 0. The molecule has 0 aromatic rings. The van der Waals surface area contributed by atoms with Crippen LogP contribution in [0.3, 0.4) is 0 Å². The molecule has 0 amide bonds. The molecule has 22 heavy (non-hydrogen) atoms. The minimum absolute atomic E-state index is 0.721. The number of hydrogen-bond donors (Lipinski definition) is 0. The summed E-state index contributed by atoms with van der Waals surface area (Å²) in [6, 6.07) is 0. The van der Waals surface area contributed by atoms with Gasteiger partial charge in [0, 0.05) is 11.8 Å². The Labute approximate surface area is 136 Å². The van der Waals surface area contributed by atoms with Crippen molar-refractivity contribution >= 4 is 0 Å². The van der Waals surface area contributed by atoms with Gasteiger partial charge in [0.15, 0.2) is 0 Å². The van der Waals surface area contributed by atoms with Gasteiger partial charge in [-0.2, -0.15) is 0 Å². The Morgan fingerprint density at radius 3 is 1.64 bits per heavy atom. The predicted octanol–water partition coefficient (Wildman–Crippen LogP) is 6.37. The number of hydrogen-bond acceptors (Lipinski definition) is 0. The van der Waals surface area contributed by atoms with Gasteiger partial charge in [-0.3, -0.25) is 0 Å². The fraction of sp³-hybridized carbons (Fsp3) is 0.636. The van der Waals surface area contributed by atoms with Gasteiger partial charge in [-0.05, 0) is 74.3 Å². The Kier molecular flexibility index (Phi) is 3.88. The van der Waals surface area contributed by atoms with Crippen molar-refractivity contribution in [2.45, 2.75) is 65.2 Å². The van der Waals surface area contributed by atoms with E-state index in [0.717, 1.165) is 23.7 Å². The van der Waals surface area contributed by atoms with E-state index in [0.29, 0.717) is 0 Å². The molecule has 0 bridgehead atoms. The standard InChI is InChI=1S/C22H30/c1-15(2)22(20-13-11-16-7-3-5-9-18(16)20)21-14-12-17-8-4-6-10-19(17)21/h11-15,20-22H,3-10H2,1-2H3. The fourth-order valence-corrected chi connectivity index (χ4v) is 5.49. The van der Waals surface area contributed by atoms with Crippen molar-refractivity contribution in [2.75, 3.05) is 0 Å². The van der Waals surface area contributed by atoms with Crippen LogP contribution in [0, 0.1) is 23.7 Å². The summed E-state index contributed by atoms with van der Waals surface area (Å²) < 4.78 is 0. The van der Waals surface area contributed by atoms with E-state index in [1.165, 1.54) is 51.4 Å². The van der Waals surface area contributed by atoms with Crippen LogP contribution in [0.15, 0.2) is 46.6 Å². The third kappa shape index (κ3) is 2.36. The summed E-state index contributed by atoms with van der Waals surface area (Å²) in [4.78, 5) is 0. The molecule has 0 aromatic carbocycles. The highest BCUT2D eigenvalue weighted by Gasteiger charge is 2.38. The molecule has 0 N–H and O–H groups in total. The molecule has 0 aromatic heterocycles. The van der Waals surface area contributed by atoms with Gasteiger partial charge in [-0.1, -0.05) is 49.3 Å². The lowest BCUT2D eigenvalue weighted by molar-refractivity contribution is 0.265. The Bertz CT molecular complexity index is 519. The number of allylic oxidation sites excluding steroid dienone is 8. The van der Waals surface area contributed by atoms with Crippen molar-refractivity contribution in [3.8, 4) is 0 Å². The van der Waals surface area contributed by atoms with Gasteiger partial charge in [-0.15, -0.1) is 0 Å². The molecule has 4 aliphatic carbocycles. The van der Waals surface area contributed by atoms with E-state index in [1.807, 2.05) is 11.1 Å². The van der Waals surface area contributed by atoms with E-state index >= 15 is 0 Å². The molecule has 2 atom stereocenters. The largest absolute Gasteiger partial charge is 0.0767 e. The second-order valence-corrected chi connectivity index (χ2v) is 8.11. The maximum atomic E-state index is 2.57. The molecular formula is C22H30. The maximum Gasteiger partial charge on any atom is 0.00252 e. The van der Waals surface area contributed by atoms with Crippen molar-refractivity contribution in [3.05, 3.63) is 46.6 Å². The van der Waals surface area contributed by atoms with E-state index in [4.69, 9.17) is 0 Å². The van der Waals surface area contributed by atoms with Gasteiger partial charge in [0.05, 0.1) is 0 Å². The van der Waals surface area contributed by atoms with Gasteiger partial charge in [-0.25, -0.2) is 0 Å². The van der Waals surface area contributed by atoms with Crippen LogP contribution in [0.2, 0.25) is 0 Å². The summed E-state index contributed by atoms with van der Waals surface area (Å²) in [5.41, 5.74) is 7.01. The molecule has 0 fully saturated rings. The second kappa shape index (κ2) is 5.87. The van der Waals surface area contributed by atoms with Crippen molar-refractivity contribution in [1.82, 2.24) is 0 Å². The lowest BCUT2D eigenvalue weighted by Gasteiger charge is -2.36. The maximum absolute atomic E-state index is 2.57. The van der Waals surface area contributed by atoms with Crippen LogP contribution in [0.4, 0.5) is 0 Å². The van der Waals surface area contributed by atoms with Gasteiger partial charge in [0.2, 0.25) is 0 Å². The second-order valence-electron chi connectivity index (χ2n) is 8.11. The molecule has 0 saturated heterocycles. The highest BCUT2D eigenvalue weighted by atomic mass is 14.4. The van der Waals surface area contributed by atoms with Crippen LogP contribution in [0.5, 0.6) is 0 Å². The van der Waals surface area contributed by atoms with Crippen LogP contribution >= 0.6 is 0 Å². The molecule has 0 heterocycles. The highest BCUT2D eigenvalue weighted by molar-refractivity contribution is 5.43. The van der Waals surface area contributed by atoms with Crippen LogP contribution in [0.1, 0.15) is 65.2 Å². The topological polar surface area (TPSA) is 0 Å². The van der Waals surface area contributed by atoms with Crippen molar-refractivity contribution in [2.24, 2.45) is 23.7 Å². The lowest BCUT2D eigenvalue weighted by Crippen LogP contribution is -2.28. The van der Waals surface area contributed by atoms with E-state index in [1.54, 1.807) is 11.1 Å². The molecule has 118 valence electrons. The molecule has 0 spiro atoms. The molecule has 0 radical (unpaired) electrons. The Balaban J connectivity index is 1.65. The van der Waals surface area contributed by atoms with Gasteiger partial charge < -0.3 is 0 Å². The normalized spacial score (nSPS) is 32.0. The van der Waals surface area contributed by atoms with Crippen LogP contribution < -0.4 is 0 Å². The molecule has 0 saturated carbocycles. The smallest absolute Gasteiger partial charge is 0.00252 e. The molecular weight excluding hydrogens is 264 g/mol. The molecule has 0 nitrogen and oxygen atoms in total. The molecule has 4 aliphatic rings. The summed E-state index contributed by atoms with van der Waals surface area (Å²) in [6.07, 6.45) is 21.1. The predicted molar refractivity (Wildman–Crippen MR) is 94.6 cm³/mol. The van der Waals surface area contributed by atoms with Crippen LogP contribution in [0.25, 0.3) is 0 Å². The van der Waals surface area contributed by atoms with Gasteiger partial charge in [0.25, 0.3) is 0 Å². The van der Waals surface area contributed by atoms with Crippen LogP contribution in [-0.2, 0) is 0 Å². The molecule has 0 heteroatoms. The number of rotatable bonds is 3. The molecule has 2 unspecified atom stereocenters. The van der Waals surface area contributed by atoms with Crippen LogP contribution in [-0.4, -0.2) is 0 Å². The first-order chi connectivity index (χ1) is 10.8. The van der Waals surface area contributed by atoms with E-state index in [9.17, 15) is 0 Å². The zero-order valence-electron chi connectivity index (χ0n) is 14.3. The minimum atomic E-state index is 0.721. The van der Waals surface area contributed by atoms with Crippen molar-refractivity contribution in [3.63, 3.8) is 0 Å². The molecule has 4 rings (SSSR count).